The van der Waals surface area contributed by atoms with Gasteiger partial charge >= 0.3 is 6.18 Å². The van der Waals surface area contributed by atoms with E-state index in [9.17, 15) is 21.6 Å². The van der Waals surface area contributed by atoms with Crippen LogP contribution in [-0.4, -0.2) is 39.3 Å². The first-order valence-corrected chi connectivity index (χ1v) is 6.55. The first kappa shape index (κ1) is 15.7. The summed E-state index contributed by atoms with van der Waals surface area (Å²) in [7, 11) is -3.82. The summed E-state index contributed by atoms with van der Waals surface area (Å²) in [6.07, 6.45) is -3.38. The molecule has 0 aliphatic rings. The van der Waals surface area contributed by atoms with E-state index in [1.165, 1.54) is 12.1 Å². The van der Waals surface area contributed by atoms with Gasteiger partial charge in [-0.25, -0.2) is 18.1 Å². The number of nitrogens with two attached hydrogens (primary N) is 1. The third-order valence-electron chi connectivity index (χ3n) is 1.87. The molecule has 1 heterocycles. The molecule has 0 radical (unpaired) electrons. The molecule has 0 spiro atoms. The molecule has 1 aromatic heterocycles. The van der Waals surface area contributed by atoms with Crippen LogP contribution < -0.4 is 10.5 Å². The van der Waals surface area contributed by atoms with Gasteiger partial charge in [0.15, 0.2) is 0 Å². The van der Waals surface area contributed by atoms with E-state index >= 15 is 0 Å². The van der Waals surface area contributed by atoms with E-state index in [1.807, 2.05) is 0 Å². The fraction of sp³-hybridized carbons (Fsp3) is 0.444. The Morgan fingerprint density at radius 1 is 1.37 bits per heavy atom. The van der Waals surface area contributed by atoms with Crippen LogP contribution >= 0.6 is 0 Å². The Morgan fingerprint density at radius 3 is 2.58 bits per heavy atom. The summed E-state index contributed by atoms with van der Waals surface area (Å²) in [5, 5.41) is 0. The number of ether oxygens (including phenoxy) is 1. The SMILES string of the molecule is Nc1ccc(S(=O)(=O)NCCOCC(F)(F)F)cn1. The Hall–Kier alpha value is -1.39. The lowest BCUT2D eigenvalue weighted by atomic mass is 10.5. The van der Waals surface area contributed by atoms with Gasteiger partial charge in [-0.15, -0.1) is 0 Å². The van der Waals surface area contributed by atoms with E-state index in [-0.39, 0.29) is 23.9 Å². The smallest absolute Gasteiger partial charge is 0.384 e. The molecule has 0 bridgehead atoms. The highest BCUT2D eigenvalue weighted by molar-refractivity contribution is 7.89. The molecule has 0 saturated carbocycles. The number of aromatic nitrogens is 1. The number of rotatable bonds is 6. The molecule has 0 aliphatic carbocycles. The second-order valence-corrected chi connectivity index (χ2v) is 5.25. The number of nitrogen functional groups attached to an aromatic ring is 1. The van der Waals surface area contributed by atoms with E-state index in [4.69, 9.17) is 5.73 Å². The van der Waals surface area contributed by atoms with E-state index in [0.29, 0.717) is 0 Å². The van der Waals surface area contributed by atoms with E-state index in [1.54, 1.807) is 0 Å². The van der Waals surface area contributed by atoms with Crippen LogP contribution in [0.3, 0.4) is 0 Å². The van der Waals surface area contributed by atoms with Gasteiger partial charge in [0.1, 0.15) is 17.3 Å². The second-order valence-electron chi connectivity index (χ2n) is 3.48. The fourth-order valence-corrected chi connectivity index (χ4v) is 2.03. The van der Waals surface area contributed by atoms with E-state index in [2.05, 4.69) is 14.4 Å². The van der Waals surface area contributed by atoms with Crippen molar-refractivity contribution in [3.05, 3.63) is 18.3 Å². The molecule has 0 atom stereocenters. The van der Waals surface area contributed by atoms with Gasteiger partial charge in [-0.1, -0.05) is 0 Å². The van der Waals surface area contributed by atoms with Crippen molar-refractivity contribution in [3.8, 4) is 0 Å². The van der Waals surface area contributed by atoms with Gasteiger partial charge in [0.05, 0.1) is 6.61 Å². The summed E-state index contributed by atoms with van der Waals surface area (Å²) in [6.45, 7) is -2.08. The van der Waals surface area contributed by atoms with Crippen LogP contribution in [0, 0.1) is 0 Å². The van der Waals surface area contributed by atoms with Crippen LogP contribution in [0.15, 0.2) is 23.2 Å². The molecule has 0 unspecified atom stereocenters. The molecule has 1 aromatic rings. The maximum atomic E-state index is 11.7. The zero-order valence-corrected chi connectivity index (χ0v) is 10.5. The predicted molar refractivity (Wildman–Crippen MR) is 60.7 cm³/mol. The lowest BCUT2D eigenvalue weighted by Crippen LogP contribution is -2.29. The molecule has 0 aliphatic heterocycles. The molecular formula is C9H12F3N3O3S. The average molecular weight is 299 g/mol. The first-order valence-electron chi connectivity index (χ1n) is 5.06. The van der Waals surface area contributed by atoms with Crippen molar-refractivity contribution in [1.29, 1.82) is 0 Å². The van der Waals surface area contributed by atoms with Crippen LogP contribution in [0.25, 0.3) is 0 Å². The minimum atomic E-state index is -4.43. The Morgan fingerprint density at radius 2 is 2.05 bits per heavy atom. The Balaban J connectivity index is 2.42. The van der Waals surface area contributed by atoms with Gasteiger partial charge in [0.25, 0.3) is 0 Å². The number of pyridine rings is 1. The van der Waals surface area contributed by atoms with Crippen molar-refractivity contribution in [3.63, 3.8) is 0 Å². The third kappa shape index (κ3) is 5.85. The van der Waals surface area contributed by atoms with E-state index < -0.39 is 22.8 Å². The number of nitrogens with zero attached hydrogens (tertiary/aromatic N) is 1. The highest BCUT2D eigenvalue weighted by Gasteiger charge is 2.27. The summed E-state index contributed by atoms with van der Waals surface area (Å²) in [6, 6.07) is 2.54. The Kier molecular flexibility index (Phi) is 5.09. The van der Waals surface area contributed by atoms with Gasteiger partial charge in [-0.2, -0.15) is 13.2 Å². The third-order valence-corrected chi connectivity index (χ3v) is 3.32. The quantitative estimate of drug-likeness (QED) is 0.747. The van der Waals surface area contributed by atoms with Crippen LogP contribution in [0.2, 0.25) is 0 Å². The van der Waals surface area contributed by atoms with Crippen molar-refractivity contribution < 1.29 is 26.3 Å². The Bertz CT molecular complexity index is 502. The largest absolute Gasteiger partial charge is 0.411 e. The number of nitrogens with one attached hydrogen (secondary N) is 1. The molecule has 108 valence electrons. The Labute approximate surface area is 107 Å². The van der Waals surface area contributed by atoms with Crippen LogP contribution in [0.1, 0.15) is 0 Å². The minimum Gasteiger partial charge on any atom is -0.384 e. The lowest BCUT2D eigenvalue weighted by Gasteiger charge is -2.09. The number of sulfonamides is 1. The summed E-state index contributed by atoms with van der Waals surface area (Å²) in [5.74, 6) is 0.160. The average Bonchev–Trinajstić information content (AvgIpc) is 2.27. The fourth-order valence-electron chi connectivity index (χ4n) is 1.07. The zero-order chi connectivity index (χ0) is 14.5. The summed E-state index contributed by atoms with van der Waals surface area (Å²) < 4.78 is 64.8. The van der Waals surface area contributed by atoms with E-state index in [0.717, 1.165) is 6.20 Å². The number of anilines is 1. The number of hydrogen-bond donors (Lipinski definition) is 2. The van der Waals surface area contributed by atoms with Crippen molar-refractivity contribution in [2.45, 2.75) is 11.1 Å². The normalized spacial score (nSPS) is 12.6. The molecule has 0 aromatic carbocycles. The first-order chi connectivity index (χ1) is 8.71. The van der Waals surface area contributed by atoms with Crippen molar-refractivity contribution in [2.75, 3.05) is 25.5 Å². The zero-order valence-electron chi connectivity index (χ0n) is 9.64. The summed E-state index contributed by atoms with van der Waals surface area (Å²) >= 11 is 0. The van der Waals surface area contributed by atoms with Crippen LogP contribution in [-0.2, 0) is 14.8 Å². The minimum absolute atomic E-state index is 0.127. The van der Waals surface area contributed by atoms with Gasteiger partial charge in [-0.05, 0) is 12.1 Å². The van der Waals surface area contributed by atoms with Crippen LogP contribution in [0.5, 0.6) is 0 Å². The topological polar surface area (TPSA) is 94.3 Å². The molecule has 19 heavy (non-hydrogen) atoms. The number of alkyl halides is 3. The molecule has 0 fully saturated rings. The molecule has 1 rings (SSSR count). The highest BCUT2D eigenvalue weighted by atomic mass is 32.2. The van der Waals surface area contributed by atoms with Crippen LogP contribution in [0.4, 0.5) is 19.0 Å². The highest BCUT2D eigenvalue weighted by Crippen LogP contribution is 2.14. The van der Waals surface area contributed by atoms with Gasteiger partial charge in [-0.3, -0.25) is 0 Å². The number of halogens is 3. The number of hydrogen-bond acceptors (Lipinski definition) is 5. The van der Waals surface area contributed by atoms with Crippen molar-refractivity contribution in [1.82, 2.24) is 9.71 Å². The lowest BCUT2D eigenvalue weighted by molar-refractivity contribution is -0.173. The summed E-state index contributed by atoms with van der Waals surface area (Å²) in [5.41, 5.74) is 5.30. The van der Waals surface area contributed by atoms with Gasteiger partial charge in [0, 0.05) is 12.7 Å². The standard InChI is InChI=1S/C9H12F3N3O3S/c10-9(11,12)6-18-4-3-15-19(16,17)7-1-2-8(13)14-5-7/h1-2,5,15H,3-4,6H2,(H2,13,14). The molecule has 10 heteroatoms. The molecule has 3 N–H and O–H groups in total. The van der Waals surface area contributed by atoms with Gasteiger partial charge in [0.2, 0.25) is 10.0 Å². The monoisotopic (exact) mass is 299 g/mol. The molecule has 6 nitrogen and oxygen atoms in total. The molecule has 0 amide bonds. The second kappa shape index (κ2) is 6.17. The maximum Gasteiger partial charge on any atom is 0.411 e. The molecule has 0 saturated heterocycles. The van der Waals surface area contributed by atoms with Gasteiger partial charge < -0.3 is 10.5 Å². The molecular weight excluding hydrogens is 287 g/mol. The maximum absolute atomic E-state index is 11.7. The van der Waals surface area contributed by atoms with Crippen molar-refractivity contribution in [2.24, 2.45) is 0 Å². The van der Waals surface area contributed by atoms with Crippen molar-refractivity contribution >= 4 is 15.8 Å². The predicted octanol–water partition coefficient (Wildman–Crippen LogP) is 0.521. The summed E-state index contributed by atoms with van der Waals surface area (Å²) in [4.78, 5) is 3.47.